The molecule has 0 spiro atoms. The minimum atomic E-state index is -3.49. The Morgan fingerprint density at radius 3 is 2.79 bits per heavy atom. The molecule has 24 heavy (non-hydrogen) atoms. The third-order valence-corrected chi connectivity index (χ3v) is 6.36. The zero-order valence-corrected chi connectivity index (χ0v) is 14.3. The number of rotatable bonds is 5. The van der Waals surface area contributed by atoms with Crippen LogP contribution in [-0.2, 0) is 32.3 Å². The third kappa shape index (κ3) is 3.77. The van der Waals surface area contributed by atoms with Gasteiger partial charge in [0.25, 0.3) is 0 Å². The van der Waals surface area contributed by atoms with Crippen molar-refractivity contribution >= 4 is 21.7 Å². The molecule has 0 aromatic heterocycles. The quantitative estimate of drug-likeness (QED) is 0.819. The summed E-state index contributed by atoms with van der Waals surface area (Å²) in [5, 5.41) is 5.31. The van der Waals surface area contributed by atoms with E-state index in [1.165, 1.54) is 5.56 Å². The second-order valence-electron chi connectivity index (χ2n) is 6.41. The van der Waals surface area contributed by atoms with Crippen LogP contribution in [0.25, 0.3) is 0 Å². The molecule has 1 heterocycles. The lowest BCUT2D eigenvalue weighted by atomic mass is 10.1. The van der Waals surface area contributed by atoms with Crippen LogP contribution in [0.15, 0.2) is 23.1 Å². The second kappa shape index (κ2) is 6.93. The van der Waals surface area contributed by atoms with E-state index in [0.717, 1.165) is 31.2 Å². The highest BCUT2D eigenvalue weighted by atomic mass is 32.2. The monoisotopic (exact) mass is 350 g/mol. The summed E-state index contributed by atoms with van der Waals surface area (Å²) >= 11 is 0. The van der Waals surface area contributed by atoms with Gasteiger partial charge in [0, 0.05) is 13.0 Å². The van der Waals surface area contributed by atoms with E-state index in [-0.39, 0.29) is 23.0 Å². The van der Waals surface area contributed by atoms with Crippen molar-refractivity contribution < 1.29 is 18.0 Å². The molecular weight excluding hydrogens is 328 g/mol. The predicted molar refractivity (Wildman–Crippen MR) is 89.3 cm³/mol. The molecule has 130 valence electrons. The zero-order chi connectivity index (χ0) is 17.2. The molecule has 1 fully saturated rings. The van der Waals surface area contributed by atoms with E-state index in [4.69, 9.17) is 0 Å². The van der Waals surface area contributed by atoms with Crippen LogP contribution < -0.4 is 10.6 Å². The van der Waals surface area contributed by atoms with Gasteiger partial charge in [0.15, 0.2) is 9.84 Å². The number of benzene rings is 1. The molecule has 2 N–H and O–H groups in total. The van der Waals surface area contributed by atoms with Gasteiger partial charge in [0.1, 0.15) is 6.04 Å². The van der Waals surface area contributed by atoms with Crippen molar-refractivity contribution in [3.05, 3.63) is 29.3 Å². The van der Waals surface area contributed by atoms with Gasteiger partial charge >= 0.3 is 0 Å². The van der Waals surface area contributed by atoms with Crippen molar-refractivity contribution in [1.82, 2.24) is 10.6 Å². The first-order valence-electron chi connectivity index (χ1n) is 8.37. The zero-order valence-electron chi connectivity index (χ0n) is 13.5. The van der Waals surface area contributed by atoms with Gasteiger partial charge in [0.05, 0.1) is 10.6 Å². The van der Waals surface area contributed by atoms with Gasteiger partial charge in [-0.05, 0) is 55.4 Å². The number of fused-ring (bicyclic) bond motifs is 1. The summed E-state index contributed by atoms with van der Waals surface area (Å²) in [6, 6.07) is 4.70. The molecule has 1 saturated heterocycles. The van der Waals surface area contributed by atoms with Crippen LogP contribution in [0.4, 0.5) is 0 Å². The smallest absolute Gasteiger partial charge is 0.242 e. The number of hydrogen-bond donors (Lipinski definition) is 2. The first-order chi connectivity index (χ1) is 11.5. The number of sulfone groups is 1. The molecule has 2 aliphatic rings. The van der Waals surface area contributed by atoms with Crippen LogP contribution in [0.1, 0.15) is 36.8 Å². The predicted octanol–water partition coefficient (Wildman–Crippen LogP) is 0.734. The van der Waals surface area contributed by atoms with Crippen LogP contribution in [-0.4, -0.2) is 38.6 Å². The van der Waals surface area contributed by atoms with Crippen molar-refractivity contribution in [2.24, 2.45) is 0 Å². The Hall–Kier alpha value is -1.89. The second-order valence-corrected chi connectivity index (χ2v) is 8.52. The Balaban J connectivity index is 1.58. The molecule has 1 aliphatic heterocycles. The van der Waals surface area contributed by atoms with Crippen LogP contribution in [0.2, 0.25) is 0 Å². The lowest BCUT2D eigenvalue weighted by Gasteiger charge is -2.22. The molecule has 1 aromatic rings. The normalized spacial score (nSPS) is 20.3. The third-order valence-electron chi connectivity index (χ3n) is 4.65. The summed E-state index contributed by atoms with van der Waals surface area (Å²) in [6.07, 6.45) is 4.24. The maximum Gasteiger partial charge on any atom is 0.242 e. The highest BCUT2D eigenvalue weighted by Gasteiger charge is 2.25. The van der Waals surface area contributed by atoms with Gasteiger partial charge < -0.3 is 10.6 Å². The van der Waals surface area contributed by atoms with E-state index in [1.54, 1.807) is 12.1 Å². The fourth-order valence-electron chi connectivity index (χ4n) is 3.26. The Bertz CT molecular complexity index is 758. The average molecular weight is 350 g/mol. The lowest BCUT2D eigenvalue weighted by Crippen LogP contribution is -2.50. The molecular formula is C17H22N2O4S. The standard InChI is InChI=1S/C17H22N2O4S/c20-16(19-15-5-2-9-18-17(15)21)8-10-24(22,23)14-7-6-12-3-1-4-13(12)11-14/h6-7,11,15H,1-5,8-10H2,(H,18,21)(H,19,20)/t15-/m1/s1. The van der Waals surface area contributed by atoms with Crippen LogP contribution in [0, 0.1) is 0 Å². The van der Waals surface area contributed by atoms with Gasteiger partial charge in [-0.25, -0.2) is 8.42 Å². The van der Waals surface area contributed by atoms with Gasteiger partial charge in [-0.2, -0.15) is 0 Å². The Labute approximate surface area is 141 Å². The minimum Gasteiger partial charge on any atom is -0.354 e. The first kappa shape index (κ1) is 17.0. The Kier molecular flexibility index (Phi) is 4.89. The van der Waals surface area contributed by atoms with Crippen molar-refractivity contribution in [3.63, 3.8) is 0 Å². The summed E-state index contributed by atoms with van der Waals surface area (Å²) in [6.45, 7) is 0.623. The van der Waals surface area contributed by atoms with Crippen molar-refractivity contribution in [3.8, 4) is 0 Å². The van der Waals surface area contributed by atoms with E-state index >= 15 is 0 Å². The van der Waals surface area contributed by atoms with E-state index in [0.29, 0.717) is 13.0 Å². The van der Waals surface area contributed by atoms with Gasteiger partial charge in [-0.15, -0.1) is 0 Å². The molecule has 6 nitrogen and oxygen atoms in total. The molecule has 1 aromatic carbocycles. The average Bonchev–Trinajstić information content (AvgIpc) is 3.03. The fraction of sp³-hybridized carbons (Fsp3) is 0.529. The van der Waals surface area contributed by atoms with Crippen molar-refractivity contribution in [1.29, 1.82) is 0 Å². The van der Waals surface area contributed by atoms with E-state index in [1.807, 2.05) is 6.07 Å². The number of carbonyl (C=O) groups is 2. The molecule has 3 rings (SSSR count). The van der Waals surface area contributed by atoms with Crippen molar-refractivity contribution in [2.75, 3.05) is 12.3 Å². The summed E-state index contributed by atoms with van der Waals surface area (Å²) in [7, 11) is -3.49. The number of piperidine rings is 1. The van der Waals surface area contributed by atoms with E-state index in [9.17, 15) is 18.0 Å². The maximum atomic E-state index is 12.4. The molecule has 1 atom stereocenters. The van der Waals surface area contributed by atoms with E-state index < -0.39 is 21.8 Å². The number of hydrogen-bond acceptors (Lipinski definition) is 4. The number of nitrogens with one attached hydrogen (secondary N) is 2. The summed E-state index contributed by atoms with van der Waals surface area (Å²) in [4.78, 5) is 23.9. The van der Waals surface area contributed by atoms with E-state index in [2.05, 4.69) is 10.6 Å². The minimum absolute atomic E-state index is 0.136. The number of amides is 2. The Morgan fingerprint density at radius 1 is 1.21 bits per heavy atom. The van der Waals surface area contributed by atoms with Crippen molar-refractivity contribution in [2.45, 2.75) is 49.5 Å². The van der Waals surface area contributed by atoms with Gasteiger partial charge in [0.2, 0.25) is 11.8 Å². The molecule has 0 bridgehead atoms. The van der Waals surface area contributed by atoms with Gasteiger partial charge in [-0.1, -0.05) is 6.07 Å². The SMILES string of the molecule is O=C(CCS(=O)(=O)c1ccc2c(c1)CCC2)N[C@@H]1CCCNC1=O. The summed E-state index contributed by atoms with van der Waals surface area (Å²) in [5.74, 6) is -0.843. The molecule has 0 saturated carbocycles. The molecule has 1 aliphatic carbocycles. The van der Waals surface area contributed by atoms with Gasteiger partial charge in [-0.3, -0.25) is 9.59 Å². The molecule has 0 unspecified atom stereocenters. The lowest BCUT2D eigenvalue weighted by molar-refractivity contribution is -0.129. The topological polar surface area (TPSA) is 92.3 Å². The highest BCUT2D eigenvalue weighted by Crippen LogP contribution is 2.25. The first-order valence-corrected chi connectivity index (χ1v) is 10.0. The van der Waals surface area contributed by atoms with Crippen LogP contribution in [0.3, 0.4) is 0 Å². The Morgan fingerprint density at radius 2 is 2.00 bits per heavy atom. The number of carbonyl (C=O) groups excluding carboxylic acids is 2. The van der Waals surface area contributed by atoms with Crippen LogP contribution >= 0.6 is 0 Å². The van der Waals surface area contributed by atoms with Crippen LogP contribution in [0.5, 0.6) is 0 Å². The summed E-state index contributed by atoms with van der Waals surface area (Å²) < 4.78 is 24.9. The summed E-state index contributed by atoms with van der Waals surface area (Å²) in [5.41, 5.74) is 2.31. The number of aryl methyl sites for hydroxylation is 2. The maximum absolute atomic E-state index is 12.4. The molecule has 2 amide bonds. The fourth-order valence-corrected chi connectivity index (χ4v) is 4.55. The molecule has 0 radical (unpaired) electrons. The largest absolute Gasteiger partial charge is 0.354 e. The highest BCUT2D eigenvalue weighted by molar-refractivity contribution is 7.91. The molecule has 7 heteroatoms.